The second-order valence-electron chi connectivity index (χ2n) is 9.83. The molecule has 0 bridgehead atoms. The number of amides is 1. The lowest BCUT2D eigenvalue weighted by Crippen LogP contribution is -2.45. The van der Waals surface area contributed by atoms with Gasteiger partial charge in [-0.05, 0) is 12.8 Å². The highest BCUT2D eigenvalue weighted by molar-refractivity contribution is 5.76. The van der Waals surface area contributed by atoms with Crippen molar-refractivity contribution < 1.29 is 15.0 Å². The Hall–Kier alpha value is -0.610. The molecule has 0 fully saturated rings. The zero-order valence-corrected chi connectivity index (χ0v) is 21.7. The molecule has 0 saturated heterocycles. The summed E-state index contributed by atoms with van der Waals surface area (Å²) < 4.78 is 0. The van der Waals surface area contributed by atoms with Crippen LogP contribution in [0.4, 0.5) is 0 Å². The molecule has 0 saturated carbocycles. The average Bonchev–Trinajstić information content (AvgIpc) is 2.79. The van der Waals surface area contributed by atoms with Crippen LogP contribution in [0.1, 0.15) is 155 Å². The summed E-state index contributed by atoms with van der Waals surface area (Å²) in [5, 5.41) is 22.8. The van der Waals surface area contributed by atoms with E-state index >= 15 is 0 Å². The molecule has 192 valence electrons. The second kappa shape index (κ2) is 25.0. The Bertz CT molecular complexity index is 389. The highest BCUT2D eigenvalue weighted by Crippen LogP contribution is 2.14. The third kappa shape index (κ3) is 21.2. The van der Waals surface area contributed by atoms with Gasteiger partial charge in [0.15, 0.2) is 0 Å². The summed E-state index contributed by atoms with van der Waals surface area (Å²) in [6, 6.07) is -0.524. The van der Waals surface area contributed by atoms with E-state index in [9.17, 15) is 15.0 Å². The molecule has 0 aliphatic carbocycles. The first-order chi connectivity index (χ1) is 15.7. The molecule has 2 atom stereocenters. The topological polar surface area (TPSA) is 69.6 Å². The van der Waals surface area contributed by atoms with Crippen LogP contribution < -0.4 is 5.32 Å². The molecule has 1 amide bonds. The fourth-order valence-corrected chi connectivity index (χ4v) is 4.36. The van der Waals surface area contributed by atoms with Crippen LogP contribution in [0.25, 0.3) is 0 Å². The molecule has 0 rings (SSSR count). The maximum atomic E-state index is 12.2. The Balaban J connectivity index is 3.61. The standard InChI is InChI=1S/C28H57NO3/c1-3-5-7-9-11-13-14-16-18-20-22-24-28(32)29-26(25-30)27(31)23-21-19-17-15-12-10-8-6-4-2/h26-27,30-31H,3-25H2,1-2H3,(H,29,32)/t26-,27?/m0/s1. The molecule has 0 aliphatic heterocycles. The number of unbranched alkanes of at least 4 members (excludes halogenated alkanes) is 18. The van der Waals surface area contributed by atoms with Crippen molar-refractivity contribution in [2.45, 2.75) is 167 Å². The van der Waals surface area contributed by atoms with Gasteiger partial charge in [0.1, 0.15) is 0 Å². The highest BCUT2D eigenvalue weighted by atomic mass is 16.3. The van der Waals surface area contributed by atoms with E-state index < -0.39 is 12.1 Å². The van der Waals surface area contributed by atoms with Gasteiger partial charge in [0.25, 0.3) is 0 Å². The number of rotatable bonds is 25. The first-order valence-electron chi connectivity index (χ1n) is 14.2. The van der Waals surface area contributed by atoms with E-state index in [-0.39, 0.29) is 12.5 Å². The lowest BCUT2D eigenvalue weighted by atomic mass is 10.0. The Morgan fingerprint density at radius 1 is 0.625 bits per heavy atom. The molecule has 3 N–H and O–H groups in total. The van der Waals surface area contributed by atoms with Gasteiger partial charge in [-0.25, -0.2) is 0 Å². The fraction of sp³-hybridized carbons (Fsp3) is 0.964. The largest absolute Gasteiger partial charge is 0.394 e. The van der Waals surface area contributed by atoms with Crippen LogP contribution in [0.2, 0.25) is 0 Å². The van der Waals surface area contributed by atoms with Crippen LogP contribution >= 0.6 is 0 Å². The van der Waals surface area contributed by atoms with Gasteiger partial charge >= 0.3 is 0 Å². The van der Waals surface area contributed by atoms with Gasteiger partial charge in [0.05, 0.1) is 18.8 Å². The van der Waals surface area contributed by atoms with Crippen molar-refractivity contribution >= 4 is 5.91 Å². The van der Waals surface area contributed by atoms with Gasteiger partial charge in [0.2, 0.25) is 5.91 Å². The Kier molecular flexibility index (Phi) is 24.5. The maximum Gasteiger partial charge on any atom is 0.220 e. The van der Waals surface area contributed by atoms with Gasteiger partial charge in [-0.3, -0.25) is 4.79 Å². The van der Waals surface area contributed by atoms with Gasteiger partial charge in [-0.1, -0.05) is 136 Å². The van der Waals surface area contributed by atoms with Gasteiger partial charge < -0.3 is 15.5 Å². The Morgan fingerprint density at radius 2 is 1.00 bits per heavy atom. The zero-order valence-electron chi connectivity index (χ0n) is 21.7. The number of nitrogens with one attached hydrogen (secondary N) is 1. The lowest BCUT2D eigenvalue weighted by molar-refractivity contribution is -0.123. The summed E-state index contributed by atoms with van der Waals surface area (Å²) in [4.78, 5) is 12.2. The van der Waals surface area contributed by atoms with Gasteiger partial charge in [0, 0.05) is 6.42 Å². The minimum absolute atomic E-state index is 0.0360. The minimum Gasteiger partial charge on any atom is -0.394 e. The summed E-state index contributed by atoms with van der Waals surface area (Å²) in [6.45, 7) is 4.31. The van der Waals surface area contributed by atoms with Crippen LogP contribution in [-0.2, 0) is 4.79 Å². The lowest BCUT2D eigenvalue weighted by Gasteiger charge is -2.22. The van der Waals surface area contributed by atoms with Crippen molar-refractivity contribution in [1.82, 2.24) is 5.32 Å². The monoisotopic (exact) mass is 455 g/mol. The Morgan fingerprint density at radius 3 is 1.41 bits per heavy atom. The van der Waals surface area contributed by atoms with Crippen molar-refractivity contribution in [3.8, 4) is 0 Å². The number of hydrogen-bond acceptors (Lipinski definition) is 3. The van der Waals surface area contributed by atoms with Crippen LogP contribution in [0.5, 0.6) is 0 Å². The molecule has 4 heteroatoms. The molecular formula is C28H57NO3. The first-order valence-corrected chi connectivity index (χ1v) is 14.2. The molecule has 0 aromatic rings. The number of carbonyl (C=O) groups is 1. The molecule has 32 heavy (non-hydrogen) atoms. The van der Waals surface area contributed by atoms with Crippen molar-refractivity contribution in [3.05, 3.63) is 0 Å². The maximum absolute atomic E-state index is 12.2. The summed E-state index contributed by atoms with van der Waals surface area (Å²) in [7, 11) is 0. The third-order valence-electron chi connectivity index (χ3n) is 6.62. The molecule has 0 heterocycles. The van der Waals surface area contributed by atoms with Gasteiger partial charge in [-0.2, -0.15) is 0 Å². The summed E-state index contributed by atoms with van der Waals surface area (Å²) in [6.07, 6.45) is 25.7. The van der Waals surface area contributed by atoms with E-state index in [4.69, 9.17) is 0 Å². The van der Waals surface area contributed by atoms with E-state index in [2.05, 4.69) is 19.2 Å². The van der Waals surface area contributed by atoms with E-state index in [0.29, 0.717) is 12.8 Å². The summed E-state index contributed by atoms with van der Waals surface area (Å²) in [5.74, 6) is -0.0360. The highest BCUT2D eigenvalue weighted by Gasteiger charge is 2.19. The minimum atomic E-state index is -0.647. The van der Waals surface area contributed by atoms with Gasteiger partial charge in [-0.15, -0.1) is 0 Å². The molecule has 0 aromatic carbocycles. The molecule has 0 spiro atoms. The van der Waals surface area contributed by atoms with Crippen LogP contribution in [0.15, 0.2) is 0 Å². The number of aliphatic hydroxyl groups is 2. The second-order valence-corrected chi connectivity index (χ2v) is 9.83. The summed E-state index contributed by atoms with van der Waals surface area (Å²) in [5.41, 5.74) is 0. The molecule has 0 radical (unpaired) electrons. The van der Waals surface area contributed by atoms with Crippen molar-refractivity contribution in [3.63, 3.8) is 0 Å². The van der Waals surface area contributed by atoms with Crippen molar-refractivity contribution in [2.24, 2.45) is 0 Å². The summed E-state index contributed by atoms with van der Waals surface area (Å²) >= 11 is 0. The first kappa shape index (κ1) is 31.4. The van der Waals surface area contributed by atoms with Crippen LogP contribution in [-0.4, -0.2) is 34.9 Å². The third-order valence-corrected chi connectivity index (χ3v) is 6.62. The molecule has 0 aliphatic rings. The number of aliphatic hydroxyl groups excluding tert-OH is 2. The predicted octanol–water partition coefficient (Wildman–Crippen LogP) is 7.45. The van der Waals surface area contributed by atoms with Crippen molar-refractivity contribution in [2.75, 3.05) is 6.61 Å². The van der Waals surface area contributed by atoms with E-state index in [1.807, 2.05) is 0 Å². The molecule has 1 unspecified atom stereocenters. The van der Waals surface area contributed by atoms with E-state index in [0.717, 1.165) is 25.7 Å². The quantitative estimate of drug-likeness (QED) is 0.125. The average molecular weight is 456 g/mol. The van der Waals surface area contributed by atoms with Crippen LogP contribution in [0, 0.1) is 0 Å². The smallest absolute Gasteiger partial charge is 0.220 e. The van der Waals surface area contributed by atoms with E-state index in [1.165, 1.54) is 103 Å². The SMILES string of the molecule is CCCCCCCCCCCCCC(=O)N[C@@H](CO)C(O)CCCCCCCCCCC. The zero-order chi connectivity index (χ0) is 23.7. The van der Waals surface area contributed by atoms with Crippen LogP contribution in [0.3, 0.4) is 0 Å². The number of carbonyl (C=O) groups excluding carboxylic acids is 1. The Labute approximate surface area is 200 Å². The van der Waals surface area contributed by atoms with E-state index in [1.54, 1.807) is 0 Å². The molecule has 0 aromatic heterocycles. The molecular weight excluding hydrogens is 398 g/mol. The predicted molar refractivity (Wildman–Crippen MR) is 138 cm³/mol. The normalized spacial score (nSPS) is 13.2. The van der Waals surface area contributed by atoms with Crippen molar-refractivity contribution in [1.29, 1.82) is 0 Å². The fourth-order valence-electron chi connectivity index (χ4n) is 4.36. The molecule has 4 nitrogen and oxygen atoms in total. The number of hydrogen-bond donors (Lipinski definition) is 3.